The molecule has 2 aromatic rings. The minimum Gasteiger partial charge on any atom is -0.361 e. The molecule has 0 spiro atoms. The predicted octanol–water partition coefficient (Wildman–Crippen LogP) is 2.41. The molecule has 0 aliphatic heterocycles. The van der Waals surface area contributed by atoms with Gasteiger partial charge in [-0.05, 0) is 5.56 Å². The van der Waals surface area contributed by atoms with E-state index >= 15 is 0 Å². The Morgan fingerprint density at radius 1 is 1.33 bits per heavy atom. The predicted molar refractivity (Wildman–Crippen MR) is 75.8 cm³/mol. The molecule has 5 heteroatoms. The van der Waals surface area contributed by atoms with Crippen LogP contribution in [-0.2, 0) is 13.0 Å². The normalized spacial score (nSPS) is 10.2. The molecule has 2 rings (SSSR count). The number of H-pyrrole nitrogens is 1. The smallest absolute Gasteiger partial charge is 0.153 e. The van der Waals surface area contributed by atoms with E-state index in [9.17, 15) is 0 Å². The first kappa shape index (κ1) is 12.7. The Morgan fingerprint density at radius 3 is 2.89 bits per heavy atom. The number of amidine groups is 1. The van der Waals surface area contributed by atoms with Crippen LogP contribution in [0.2, 0.25) is 0 Å². The lowest BCUT2D eigenvalue weighted by atomic mass is 10.2. The van der Waals surface area contributed by atoms with Gasteiger partial charge in [0.1, 0.15) is 0 Å². The van der Waals surface area contributed by atoms with E-state index in [1.54, 1.807) is 6.33 Å². The van der Waals surface area contributed by atoms with Crippen molar-refractivity contribution in [3.05, 3.63) is 54.1 Å². The molecule has 0 unspecified atom stereocenters. The molecule has 0 aliphatic rings. The molecule has 0 saturated carbocycles. The topological polar surface area (TPSA) is 64.6 Å². The molecule has 4 nitrogen and oxygen atoms in total. The van der Waals surface area contributed by atoms with Crippen LogP contribution in [0, 0.1) is 5.41 Å². The molecule has 3 N–H and O–H groups in total. The minimum atomic E-state index is 0.509. The van der Waals surface area contributed by atoms with Crippen LogP contribution in [0.5, 0.6) is 0 Å². The lowest BCUT2D eigenvalue weighted by Crippen LogP contribution is -2.19. The number of nitrogens with zero attached hydrogens (tertiary/aromatic N) is 1. The van der Waals surface area contributed by atoms with Crippen LogP contribution >= 0.6 is 11.8 Å². The lowest BCUT2D eigenvalue weighted by molar-refractivity contribution is 0.922. The Morgan fingerprint density at radius 2 is 2.17 bits per heavy atom. The second-order valence-corrected chi connectivity index (χ2v) is 4.93. The van der Waals surface area contributed by atoms with E-state index in [2.05, 4.69) is 27.4 Å². The van der Waals surface area contributed by atoms with Crippen molar-refractivity contribution >= 4 is 16.9 Å². The highest BCUT2D eigenvalue weighted by molar-refractivity contribution is 8.13. The molecular formula is C13H16N4S. The van der Waals surface area contributed by atoms with E-state index < -0.39 is 0 Å². The lowest BCUT2D eigenvalue weighted by Gasteiger charge is -2.06. The van der Waals surface area contributed by atoms with Gasteiger partial charge in [-0.1, -0.05) is 42.1 Å². The first-order valence-electron chi connectivity index (χ1n) is 5.81. The maximum absolute atomic E-state index is 7.79. The van der Waals surface area contributed by atoms with Crippen molar-refractivity contribution in [1.29, 1.82) is 5.41 Å². The summed E-state index contributed by atoms with van der Waals surface area (Å²) in [6, 6.07) is 10.1. The highest BCUT2D eigenvalue weighted by Crippen LogP contribution is 2.05. The van der Waals surface area contributed by atoms with Crippen molar-refractivity contribution in [2.45, 2.75) is 13.0 Å². The Balaban J connectivity index is 1.63. The van der Waals surface area contributed by atoms with E-state index in [0.29, 0.717) is 11.7 Å². The fourth-order valence-electron chi connectivity index (χ4n) is 1.51. The van der Waals surface area contributed by atoms with Crippen molar-refractivity contribution in [1.82, 2.24) is 15.3 Å². The van der Waals surface area contributed by atoms with Gasteiger partial charge in [-0.25, -0.2) is 4.98 Å². The zero-order valence-corrected chi connectivity index (χ0v) is 10.8. The van der Waals surface area contributed by atoms with Gasteiger partial charge in [0.15, 0.2) is 5.17 Å². The number of imidazole rings is 1. The third kappa shape index (κ3) is 4.25. The van der Waals surface area contributed by atoms with Crippen LogP contribution in [0.25, 0.3) is 0 Å². The molecule has 1 aromatic heterocycles. The summed E-state index contributed by atoms with van der Waals surface area (Å²) in [6.45, 7) is 0.703. The van der Waals surface area contributed by atoms with Crippen molar-refractivity contribution < 1.29 is 0 Å². The fraction of sp³-hybridized carbons (Fsp3) is 0.231. The third-order valence-corrected chi connectivity index (χ3v) is 3.30. The number of thioether (sulfide) groups is 1. The molecule has 0 radical (unpaired) electrons. The van der Waals surface area contributed by atoms with E-state index in [4.69, 9.17) is 5.41 Å². The molecule has 0 bridgehead atoms. The van der Waals surface area contributed by atoms with Crippen LogP contribution in [0.1, 0.15) is 11.3 Å². The maximum atomic E-state index is 7.79. The minimum absolute atomic E-state index is 0.509. The Hall–Kier alpha value is -1.75. The monoisotopic (exact) mass is 260 g/mol. The van der Waals surface area contributed by atoms with Crippen LogP contribution in [0.15, 0.2) is 42.9 Å². The van der Waals surface area contributed by atoms with Gasteiger partial charge in [0.2, 0.25) is 0 Å². The first-order valence-corrected chi connectivity index (χ1v) is 6.80. The van der Waals surface area contributed by atoms with Crippen LogP contribution in [0.4, 0.5) is 0 Å². The van der Waals surface area contributed by atoms with Crippen LogP contribution < -0.4 is 5.32 Å². The molecule has 0 fully saturated rings. The number of aryl methyl sites for hydroxylation is 1. The standard InChI is InChI=1S/C13H16N4S/c14-13(16-8-11-4-2-1-3-5-11)18-7-6-12-9-15-10-17-12/h1-5,9-10H,6-8H2,(H2,14,16)(H,15,17). The highest BCUT2D eigenvalue weighted by atomic mass is 32.2. The summed E-state index contributed by atoms with van der Waals surface area (Å²) in [5, 5.41) is 11.4. The highest BCUT2D eigenvalue weighted by Gasteiger charge is 2.00. The number of aromatic amines is 1. The summed E-state index contributed by atoms with van der Waals surface area (Å²) in [5.74, 6) is 0.867. The van der Waals surface area contributed by atoms with Crippen molar-refractivity contribution in [2.24, 2.45) is 0 Å². The zero-order valence-electron chi connectivity index (χ0n) is 10.0. The van der Waals surface area contributed by atoms with Gasteiger partial charge in [-0.3, -0.25) is 5.41 Å². The van der Waals surface area contributed by atoms with Crippen molar-refractivity contribution in [3.63, 3.8) is 0 Å². The molecule has 0 amide bonds. The van der Waals surface area contributed by atoms with E-state index in [1.165, 1.54) is 17.3 Å². The molecule has 18 heavy (non-hydrogen) atoms. The van der Waals surface area contributed by atoms with Gasteiger partial charge >= 0.3 is 0 Å². The maximum Gasteiger partial charge on any atom is 0.153 e. The van der Waals surface area contributed by atoms with Gasteiger partial charge < -0.3 is 10.3 Å². The van der Waals surface area contributed by atoms with Gasteiger partial charge in [-0.15, -0.1) is 0 Å². The van der Waals surface area contributed by atoms with Gasteiger partial charge in [0.05, 0.1) is 12.0 Å². The second kappa shape index (κ2) is 6.86. The summed E-state index contributed by atoms with van der Waals surface area (Å²) in [7, 11) is 0. The number of rotatable bonds is 5. The van der Waals surface area contributed by atoms with Crippen molar-refractivity contribution in [3.8, 4) is 0 Å². The number of benzene rings is 1. The average Bonchev–Trinajstić information content (AvgIpc) is 2.91. The molecule has 0 saturated heterocycles. The Kier molecular flexibility index (Phi) is 4.84. The summed E-state index contributed by atoms with van der Waals surface area (Å²) in [4.78, 5) is 7.07. The van der Waals surface area contributed by atoms with Gasteiger partial charge in [0.25, 0.3) is 0 Å². The summed E-state index contributed by atoms with van der Waals surface area (Å²) < 4.78 is 0. The summed E-state index contributed by atoms with van der Waals surface area (Å²) in [6.07, 6.45) is 4.45. The quantitative estimate of drug-likeness (QED) is 0.571. The molecule has 1 heterocycles. The van der Waals surface area contributed by atoms with Gasteiger partial charge in [0, 0.05) is 24.9 Å². The molecule has 94 valence electrons. The first-order chi connectivity index (χ1) is 8.84. The number of hydrogen-bond acceptors (Lipinski definition) is 3. The van der Waals surface area contributed by atoms with E-state index in [1.807, 2.05) is 24.4 Å². The molecule has 0 aliphatic carbocycles. The largest absolute Gasteiger partial charge is 0.361 e. The molecule has 0 atom stereocenters. The third-order valence-electron chi connectivity index (χ3n) is 2.46. The van der Waals surface area contributed by atoms with Crippen LogP contribution in [0.3, 0.4) is 0 Å². The summed E-state index contributed by atoms with van der Waals surface area (Å²) >= 11 is 1.51. The second-order valence-electron chi connectivity index (χ2n) is 3.83. The summed E-state index contributed by atoms with van der Waals surface area (Å²) in [5.41, 5.74) is 2.23. The van der Waals surface area contributed by atoms with Gasteiger partial charge in [-0.2, -0.15) is 0 Å². The Bertz CT molecular complexity index is 467. The zero-order chi connectivity index (χ0) is 12.6. The molecular weight excluding hydrogens is 244 g/mol. The van der Waals surface area contributed by atoms with E-state index in [-0.39, 0.29) is 0 Å². The SMILES string of the molecule is N=C(NCc1ccccc1)SCCc1c[nH]cn1. The average molecular weight is 260 g/mol. The molecule has 1 aromatic carbocycles. The fourth-order valence-corrected chi connectivity index (χ4v) is 2.20. The number of aromatic nitrogens is 2. The van der Waals surface area contributed by atoms with E-state index in [0.717, 1.165) is 17.9 Å². The van der Waals surface area contributed by atoms with Crippen molar-refractivity contribution in [2.75, 3.05) is 5.75 Å². The Labute approximate surface area is 111 Å². The number of nitrogens with one attached hydrogen (secondary N) is 3. The number of hydrogen-bond donors (Lipinski definition) is 3. The van der Waals surface area contributed by atoms with Crippen LogP contribution in [-0.4, -0.2) is 20.9 Å².